The Balaban J connectivity index is 1.92. The second-order valence-electron chi connectivity index (χ2n) is 5.79. The Morgan fingerprint density at radius 3 is 2.69 bits per heavy atom. The number of rotatable bonds is 8. The number of amides is 1. The van der Waals surface area contributed by atoms with Gasteiger partial charge in [-0.15, -0.1) is 0 Å². The number of pyridine rings is 1. The quantitative estimate of drug-likeness (QED) is 0.761. The van der Waals surface area contributed by atoms with Crippen LogP contribution in [0.2, 0.25) is 0 Å². The summed E-state index contributed by atoms with van der Waals surface area (Å²) in [5.41, 5.74) is 0.685. The minimum absolute atomic E-state index is 0.0186. The third-order valence-electron chi connectivity index (χ3n) is 3.68. The fraction of sp³-hybridized carbons (Fsp3) is 0.333. The van der Waals surface area contributed by atoms with E-state index in [4.69, 9.17) is 4.74 Å². The van der Waals surface area contributed by atoms with Crippen LogP contribution in [-0.4, -0.2) is 30.3 Å². The number of hydrogen-bond acceptors (Lipinski definition) is 5. The lowest BCUT2D eigenvalue weighted by molar-refractivity contribution is -0.120. The first-order valence-corrected chi connectivity index (χ1v) is 9.91. The van der Waals surface area contributed by atoms with Crippen molar-refractivity contribution in [1.82, 2.24) is 10.3 Å². The molecule has 1 heterocycles. The third kappa shape index (κ3) is 5.52. The number of aromatic nitrogens is 1. The predicted molar refractivity (Wildman–Crippen MR) is 96.1 cm³/mol. The van der Waals surface area contributed by atoms with Gasteiger partial charge >= 0.3 is 0 Å². The lowest BCUT2D eigenvalue weighted by Gasteiger charge is -2.13. The van der Waals surface area contributed by atoms with E-state index < -0.39 is 26.8 Å². The van der Waals surface area contributed by atoms with Gasteiger partial charge in [-0.05, 0) is 31.0 Å². The van der Waals surface area contributed by atoms with Crippen LogP contribution in [0.1, 0.15) is 25.8 Å². The van der Waals surface area contributed by atoms with Crippen molar-refractivity contribution in [1.29, 1.82) is 0 Å². The molecule has 8 heteroatoms. The molecule has 1 amide bonds. The highest BCUT2D eigenvalue weighted by Crippen LogP contribution is 2.20. The van der Waals surface area contributed by atoms with Gasteiger partial charge in [-0.25, -0.2) is 17.8 Å². The van der Waals surface area contributed by atoms with E-state index in [1.807, 2.05) is 0 Å². The van der Waals surface area contributed by atoms with Crippen molar-refractivity contribution in [2.45, 2.75) is 32.1 Å². The maximum absolute atomic E-state index is 13.1. The minimum Gasteiger partial charge on any atom is -0.439 e. The monoisotopic (exact) mass is 380 g/mol. The minimum atomic E-state index is -3.44. The number of sulfone groups is 1. The maximum atomic E-state index is 13.1. The maximum Gasteiger partial charge on any atom is 0.238 e. The molecule has 1 aromatic carbocycles. The number of carbonyl (C=O) groups is 1. The molecule has 26 heavy (non-hydrogen) atoms. The molecule has 0 saturated carbocycles. The van der Waals surface area contributed by atoms with Crippen LogP contribution in [0.3, 0.4) is 0 Å². The van der Waals surface area contributed by atoms with Gasteiger partial charge in [-0.2, -0.15) is 0 Å². The molecule has 0 aliphatic carbocycles. The fourth-order valence-electron chi connectivity index (χ4n) is 2.18. The predicted octanol–water partition coefficient (Wildman–Crippen LogP) is 2.84. The van der Waals surface area contributed by atoms with Crippen molar-refractivity contribution in [2.24, 2.45) is 0 Å². The van der Waals surface area contributed by atoms with E-state index in [1.54, 1.807) is 25.1 Å². The average molecular weight is 380 g/mol. The van der Waals surface area contributed by atoms with Crippen LogP contribution in [0.25, 0.3) is 0 Å². The van der Waals surface area contributed by atoms with Crippen LogP contribution in [0.4, 0.5) is 4.39 Å². The number of carbonyl (C=O) groups excluding carboxylic acids is 1. The Labute approximate surface area is 152 Å². The van der Waals surface area contributed by atoms with E-state index in [2.05, 4.69) is 10.3 Å². The molecule has 0 radical (unpaired) electrons. The normalized spacial score (nSPS) is 12.4. The smallest absolute Gasteiger partial charge is 0.238 e. The van der Waals surface area contributed by atoms with Crippen LogP contribution in [0.15, 0.2) is 42.6 Å². The number of nitrogens with zero attached hydrogens (tertiary/aromatic N) is 1. The largest absolute Gasteiger partial charge is 0.439 e. The lowest BCUT2D eigenvalue weighted by atomic mass is 10.3. The first kappa shape index (κ1) is 19.8. The van der Waals surface area contributed by atoms with Crippen molar-refractivity contribution in [3.05, 3.63) is 54.0 Å². The molecule has 0 fully saturated rings. The molecule has 2 rings (SSSR count). The first-order chi connectivity index (χ1) is 12.3. The molecule has 6 nitrogen and oxygen atoms in total. The van der Waals surface area contributed by atoms with Crippen molar-refractivity contribution >= 4 is 15.7 Å². The molecule has 2 aromatic rings. The van der Waals surface area contributed by atoms with Crippen LogP contribution in [-0.2, 0) is 21.2 Å². The van der Waals surface area contributed by atoms with Gasteiger partial charge in [0.05, 0.1) is 5.75 Å². The molecule has 140 valence electrons. The zero-order valence-electron chi connectivity index (χ0n) is 14.6. The summed E-state index contributed by atoms with van der Waals surface area (Å²) in [5, 5.41) is 1.50. The third-order valence-corrected chi connectivity index (χ3v) is 5.95. The van der Waals surface area contributed by atoms with Gasteiger partial charge in [0.25, 0.3) is 0 Å². The highest BCUT2D eigenvalue weighted by Gasteiger charge is 2.26. The van der Waals surface area contributed by atoms with Gasteiger partial charge in [-0.1, -0.05) is 19.1 Å². The van der Waals surface area contributed by atoms with Gasteiger partial charge < -0.3 is 10.1 Å². The van der Waals surface area contributed by atoms with Gasteiger partial charge in [0.1, 0.15) is 16.8 Å². The summed E-state index contributed by atoms with van der Waals surface area (Å²) < 4.78 is 42.4. The van der Waals surface area contributed by atoms with E-state index in [1.165, 1.54) is 31.3 Å². The number of ether oxygens (including phenoxy) is 1. The average Bonchev–Trinajstić information content (AvgIpc) is 2.60. The Morgan fingerprint density at radius 2 is 2.08 bits per heavy atom. The molecular formula is C18H21FN2O4S. The van der Waals surface area contributed by atoms with Crippen molar-refractivity contribution in [3.8, 4) is 11.6 Å². The molecule has 0 bridgehead atoms. The van der Waals surface area contributed by atoms with Gasteiger partial charge in [0, 0.05) is 24.9 Å². The molecular weight excluding hydrogens is 359 g/mol. The molecule has 1 N–H and O–H groups in total. The molecule has 1 aromatic heterocycles. The summed E-state index contributed by atoms with van der Waals surface area (Å²) in [7, 11) is -3.44. The van der Waals surface area contributed by atoms with Crippen molar-refractivity contribution < 1.29 is 22.3 Å². The van der Waals surface area contributed by atoms with Gasteiger partial charge in [-0.3, -0.25) is 4.79 Å². The van der Waals surface area contributed by atoms with E-state index in [0.29, 0.717) is 17.7 Å². The second kappa shape index (κ2) is 8.75. The second-order valence-corrected chi connectivity index (χ2v) is 8.23. The molecule has 0 aliphatic heterocycles. The summed E-state index contributed by atoms with van der Waals surface area (Å²) in [4.78, 5) is 16.1. The summed E-state index contributed by atoms with van der Waals surface area (Å²) in [6.07, 6.45) is 1.97. The summed E-state index contributed by atoms with van der Waals surface area (Å²) in [6, 6.07) is 8.97. The Bertz CT molecular complexity index is 854. The van der Waals surface area contributed by atoms with Gasteiger partial charge in [0.2, 0.25) is 11.8 Å². The van der Waals surface area contributed by atoms with E-state index >= 15 is 0 Å². The van der Waals surface area contributed by atoms with Crippen molar-refractivity contribution in [3.63, 3.8) is 0 Å². The summed E-state index contributed by atoms with van der Waals surface area (Å²) >= 11 is 0. The Morgan fingerprint density at radius 1 is 1.31 bits per heavy atom. The Hall–Kier alpha value is -2.48. The highest BCUT2D eigenvalue weighted by atomic mass is 32.2. The fourth-order valence-corrected chi connectivity index (χ4v) is 3.52. The molecule has 0 spiro atoms. The van der Waals surface area contributed by atoms with E-state index in [-0.39, 0.29) is 18.2 Å². The van der Waals surface area contributed by atoms with Gasteiger partial charge in [0.15, 0.2) is 9.84 Å². The molecule has 1 atom stereocenters. The molecule has 0 aliphatic rings. The van der Waals surface area contributed by atoms with Crippen molar-refractivity contribution in [2.75, 3.05) is 5.75 Å². The first-order valence-electron chi connectivity index (χ1n) is 8.19. The number of halogens is 1. The zero-order chi connectivity index (χ0) is 19.2. The summed E-state index contributed by atoms with van der Waals surface area (Å²) in [6.45, 7) is 3.29. The van der Waals surface area contributed by atoms with Crippen LogP contribution < -0.4 is 10.1 Å². The van der Waals surface area contributed by atoms with Crippen LogP contribution in [0.5, 0.6) is 11.6 Å². The van der Waals surface area contributed by atoms with E-state index in [9.17, 15) is 17.6 Å². The van der Waals surface area contributed by atoms with E-state index in [0.717, 1.165) is 0 Å². The lowest BCUT2D eigenvalue weighted by Crippen LogP contribution is -2.38. The SMILES string of the molecule is CCCS(=O)(=O)C(C)C(=O)NCc1ccc(Oc2cccc(F)c2)nc1. The Kier molecular flexibility index (Phi) is 6.68. The zero-order valence-corrected chi connectivity index (χ0v) is 15.4. The summed E-state index contributed by atoms with van der Waals surface area (Å²) in [5.74, 6) is -0.361. The number of nitrogens with one attached hydrogen (secondary N) is 1. The molecule has 1 unspecified atom stereocenters. The van der Waals surface area contributed by atoms with Crippen LogP contribution >= 0.6 is 0 Å². The molecule has 0 saturated heterocycles. The topological polar surface area (TPSA) is 85.4 Å². The number of benzene rings is 1. The van der Waals surface area contributed by atoms with Crippen LogP contribution in [0, 0.1) is 5.82 Å². The highest BCUT2D eigenvalue weighted by molar-refractivity contribution is 7.92. The number of hydrogen-bond donors (Lipinski definition) is 1. The standard InChI is InChI=1S/C18H21FN2O4S/c1-3-9-26(23,24)13(2)18(22)21-12-14-7-8-17(20-11-14)25-16-6-4-5-15(19)10-16/h4-8,10-11,13H,3,9,12H2,1-2H3,(H,21,22).